The molecule has 0 atom stereocenters. The number of para-hydroxylation sites is 6. The first-order valence-electron chi connectivity index (χ1n) is 25.8. The highest BCUT2D eigenvalue weighted by molar-refractivity contribution is 6.23. The molecule has 9 aromatic carbocycles. The van der Waals surface area contributed by atoms with E-state index < -0.39 is 0 Å². The van der Waals surface area contributed by atoms with Gasteiger partial charge in [-0.25, -0.2) is 4.98 Å². The van der Waals surface area contributed by atoms with Gasteiger partial charge in [-0.05, 0) is 93.7 Å². The Hall–Kier alpha value is -8.87. The highest BCUT2D eigenvalue weighted by atomic mass is 16.5. The standard InChI is InChI=1S/C68H55N5O/c1-67(2,3)45-37-44(38-46(39-45)68(4,5)6)51-25-15-24-50(43-19-8-7-9-20-43)63(51)71-42-70(59-31-12-13-32-60(59)71)47-21-14-22-48(40-47)74-49-34-35-53-55-28-17-33-61-65(55)73(62(53)41-49)66-57(29-18-36-69-66)56-27-16-26-54-52-23-10-11-30-58(52)72(61)64(54)56/h7-41H,42H2,1-6H3. The number of anilines is 4. The van der Waals surface area contributed by atoms with Crippen LogP contribution in [0.3, 0.4) is 0 Å². The Kier molecular flexibility index (Phi) is 9.68. The molecule has 14 rings (SSSR count). The molecule has 6 heteroatoms. The number of aromatic nitrogens is 3. The lowest BCUT2D eigenvalue weighted by molar-refractivity contribution is 0.483. The van der Waals surface area contributed by atoms with Crippen LogP contribution in [-0.2, 0) is 10.8 Å². The summed E-state index contributed by atoms with van der Waals surface area (Å²) in [4.78, 5) is 10.1. The fourth-order valence-electron chi connectivity index (χ4n) is 11.8. The Morgan fingerprint density at radius 3 is 1.76 bits per heavy atom. The molecule has 0 saturated heterocycles. The maximum atomic E-state index is 6.97. The van der Waals surface area contributed by atoms with Crippen LogP contribution in [0.4, 0.5) is 22.7 Å². The first-order valence-corrected chi connectivity index (χ1v) is 25.8. The second-order valence-electron chi connectivity index (χ2n) is 22.1. The summed E-state index contributed by atoms with van der Waals surface area (Å²) in [5, 5.41) is 7.01. The number of benzene rings is 9. The van der Waals surface area contributed by atoms with Gasteiger partial charge in [0.15, 0.2) is 0 Å². The zero-order valence-corrected chi connectivity index (χ0v) is 42.6. The Morgan fingerprint density at radius 2 is 0.986 bits per heavy atom. The predicted molar refractivity (Wildman–Crippen MR) is 310 cm³/mol. The number of nitrogens with zero attached hydrogens (tertiary/aromatic N) is 5. The van der Waals surface area contributed by atoms with Gasteiger partial charge in [-0.1, -0.05) is 175 Å². The molecule has 74 heavy (non-hydrogen) atoms. The molecule has 0 bridgehead atoms. The zero-order valence-electron chi connectivity index (χ0n) is 42.6. The molecule has 6 nitrogen and oxygen atoms in total. The molecule has 0 radical (unpaired) electrons. The van der Waals surface area contributed by atoms with Crippen molar-refractivity contribution in [2.24, 2.45) is 0 Å². The fraction of sp³-hybridized carbons (Fsp3) is 0.132. The van der Waals surface area contributed by atoms with E-state index in [2.05, 4.69) is 266 Å². The van der Waals surface area contributed by atoms with Gasteiger partial charge in [0, 0.05) is 67.5 Å². The van der Waals surface area contributed by atoms with Gasteiger partial charge in [0.05, 0.1) is 44.6 Å². The number of hydrogen-bond donors (Lipinski definition) is 0. The third-order valence-electron chi connectivity index (χ3n) is 15.4. The van der Waals surface area contributed by atoms with Gasteiger partial charge in [0.25, 0.3) is 0 Å². The van der Waals surface area contributed by atoms with Crippen molar-refractivity contribution in [3.63, 3.8) is 0 Å². The second kappa shape index (κ2) is 16.3. The van der Waals surface area contributed by atoms with E-state index in [1.807, 2.05) is 6.20 Å². The molecule has 1 aliphatic heterocycles. The summed E-state index contributed by atoms with van der Waals surface area (Å²) < 4.78 is 11.8. The van der Waals surface area contributed by atoms with Crippen molar-refractivity contribution in [1.29, 1.82) is 0 Å². The first kappa shape index (κ1) is 43.9. The van der Waals surface area contributed by atoms with Gasteiger partial charge in [0.1, 0.15) is 23.8 Å². The van der Waals surface area contributed by atoms with Crippen LogP contribution in [0, 0.1) is 0 Å². The van der Waals surface area contributed by atoms with Gasteiger partial charge in [-0.2, -0.15) is 0 Å². The van der Waals surface area contributed by atoms with E-state index in [9.17, 15) is 0 Å². The van der Waals surface area contributed by atoms with Gasteiger partial charge >= 0.3 is 0 Å². The van der Waals surface area contributed by atoms with Gasteiger partial charge < -0.3 is 18.9 Å². The molecular formula is C68H55N5O. The lowest BCUT2D eigenvalue weighted by Crippen LogP contribution is -2.25. The molecule has 0 unspecified atom stereocenters. The van der Waals surface area contributed by atoms with E-state index in [1.165, 1.54) is 66.3 Å². The summed E-state index contributed by atoms with van der Waals surface area (Å²) in [7, 11) is 0. The van der Waals surface area contributed by atoms with Crippen LogP contribution in [0.15, 0.2) is 212 Å². The normalized spacial score (nSPS) is 13.2. The van der Waals surface area contributed by atoms with Crippen molar-refractivity contribution in [3.05, 3.63) is 224 Å². The SMILES string of the molecule is CC(C)(C)c1cc(-c2cccc(-c3ccccc3)c2N2CN(c3cccc(Oc4ccc5c6cccc7c6n(c5c4)c4ncccc4c4cccc5c6ccccc6n7c54)c3)c3ccccc32)cc(C(C)(C)C)c1. The van der Waals surface area contributed by atoms with Crippen molar-refractivity contribution in [2.75, 3.05) is 16.5 Å². The molecule has 0 saturated carbocycles. The average Bonchev–Trinajstić information content (AvgIpc) is 4.08. The molecule has 0 spiro atoms. The number of rotatable bonds is 6. The van der Waals surface area contributed by atoms with Crippen LogP contribution >= 0.6 is 0 Å². The predicted octanol–water partition coefficient (Wildman–Crippen LogP) is 18.3. The lowest BCUT2D eigenvalue weighted by Gasteiger charge is -2.29. The molecular weight excluding hydrogens is 903 g/mol. The molecule has 0 amide bonds. The maximum Gasteiger partial charge on any atom is 0.145 e. The minimum absolute atomic E-state index is 0.0283. The van der Waals surface area contributed by atoms with Gasteiger partial charge in [-0.3, -0.25) is 4.40 Å². The highest BCUT2D eigenvalue weighted by Crippen LogP contribution is 2.51. The largest absolute Gasteiger partial charge is 0.457 e. The van der Waals surface area contributed by atoms with E-state index in [-0.39, 0.29) is 10.8 Å². The maximum absolute atomic E-state index is 6.97. The summed E-state index contributed by atoms with van der Waals surface area (Å²) in [6, 6.07) is 75.2. The number of hydrogen-bond acceptors (Lipinski definition) is 4. The van der Waals surface area contributed by atoms with E-state index >= 15 is 0 Å². The molecule has 0 aliphatic carbocycles. The van der Waals surface area contributed by atoms with Crippen molar-refractivity contribution >= 4 is 88.3 Å². The first-order chi connectivity index (χ1) is 36.0. The summed E-state index contributed by atoms with van der Waals surface area (Å²) in [6.45, 7) is 14.5. The Morgan fingerprint density at radius 1 is 0.405 bits per heavy atom. The van der Waals surface area contributed by atoms with Crippen molar-refractivity contribution < 1.29 is 4.74 Å². The summed E-state index contributed by atoms with van der Waals surface area (Å²) in [5.41, 5.74) is 18.5. The number of ether oxygens (including phenoxy) is 1. The smallest absolute Gasteiger partial charge is 0.145 e. The molecule has 0 fully saturated rings. The van der Waals surface area contributed by atoms with Crippen LogP contribution in [0.2, 0.25) is 0 Å². The fourth-order valence-corrected chi connectivity index (χ4v) is 11.8. The molecule has 5 heterocycles. The van der Waals surface area contributed by atoms with Crippen molar-refractivity contribution in [2.45, 2.75) is 52.4 Å². The highest BCUT2D eigenvalue weighted by Gasteiger charge is 2.32. The quantitative estimate of drug-likeness (QED) is 0.166. The van der Waals surface area contributed by atoms with Crippen molar-refractivity contribution in [3.8, 4) is 33.8 Å². The summed E-state index contributed by atoms with van der Waals surface area (Å²) in [6.07, 6.45) is 1.91. The van der Waals surface area contributed by atoms with E-state index in [0.29, 0.717) is 6.67 Å². The van der Waals surface area contributed by atoms with Crippen LogP contribution < -0.4 is 14.5 Å². The topological polar surface area (TPSA) is 37.4 Å². The van der Waals surface area contributed by atoms with Crippen molar-refractivity contribution in [1.82, 2.24) is 13.8 Å². The van der Waals surface area contributed by atoms with E-state index in [4.69, 9.17) is 9.72 Å². The third kappa shape index (κ3) is 6.81. The molecule has 13 aromatic rings. The molecule has 1 aliphatic rings. The van der Waals surface area contributed by atoms with Gasteiger partial charge in [0.2, 0.25) is 0 Å². The minimum Gasteiger partial charge on any atom is -0.457 e. The van der Waals surface area contributed by atoms with E-state index in [0.717, 1.165) is 66.9 Å². The summed E-state index contributed by atoms with van der Waals surface area (Å²) in [5.74, 6) is 1.51. The van der Waals surface area contributed by atoms with Crippen LogP contribution in [0.25, 0.3) is 87.8 Å². The van der Waals surface area contributed by atoms with E-state index in [1.54, 1.807) is 0 Å². The average molecular weight is 958 g/mol. The van der Waals surface area contributed by atoms with Gasteiger partial charge in [-0.15, -0.1) is 0 Å². The van der Waals surface area contributed by atoms with Crippen LogP contribution in [0.1, 0.15) is 52.7 Å². The van der Waals surface area contributed by atoms with Crippen LogP contribution in [0.5, 0.6) is 11.5 Å². The molecule has 4 aromatic heterocycles. The Balaban J connectivity index is 0.899. The third-order valence-corrected chi connectivity index (χ3v) is 15.4. The Bertz CT molecular complexity index is 4380. The number of pyridine rings is 1. The number of fused-ring (bicyclic) bond motifs is 11. The monoisotopic (exact) mass is 957 g/mol. The summed E-state index contributed by atoms with van der Waals surface area (Å²) >= 11 is 0. The lowest BCUT2D eigenvalue weighted by atomic mass is 9.78. The van der Waals surface area contributed by atoms with Crippen LogP contribution in [-0.4, -0.2) is 20.5 Å². The molecule has 0 N–H and O–H groups in total. The Labute approximate surface area is 430 Å². The second-order valence-corrected chi connectivity index (χ2v) is 22.1. The molecule has 358 valence electrons. The minimum atomic E-state index is -0.0283. The zero-order chi connectivity index (χ0) is 50.0.